The van der Waals surface area contributed by atoms with Crippen molar-refractivity contribution >= 4 is 5.78 Å². The Hall–Kier alpha value is -0.850. The molecule has 11 heavy (non-hydrogen) atoms. The average Bonchev–Trinajstić information content (AvgIpc) is 1.86. The van der Waals surface area contributed by atoms with Crippen LogP contribution in [0.15, 0.2) is 24.3 Å². The zero-order chi connectivity index (χ0) is 8.85. The van der Waals surface area contributed by atoms with E-state index < -0.39 is 0 Å². The third kappa shape index (κ3) is 4.54. The first-order valence-corrected chi connectivity index (χ1v) is 3.90. The van der Waals surface area contributed by atoms with E-state index in [1.807, 2.05) is 20.8 Å². The van der Waals surface area contributed by atoms with E-state index in [0.717, 1.165) is 5.57 Å². The van der Waals surface area contributed by atoms with Crippen molar-refractivity contribution in [2.75, 3.05) is 0 Å². The zero-order valence-electron chi connectivity index (χ0n) is 7.55. The Labute approximate surface area is 68.8 Å². The number of ketones is 1. The van der Waals surface area contributed by atoms with E-state index in [4.69, 9.17) is 0 Å². The molecule has 0 aromatic heterocycles. The lowest BCUT2D eigenvalue weighted by Gasteiger charge is -2.02. The molecule has 0 heterocycles. The topological polar surface area (TPSA) is 17.1 Å². The Morgan fingerprint density at radius 2 is 2.09 bits per heavy atom. The monoisotopic (exact) mass is 152 g/mol. The minimum Gasteiger partial charge on any atom is -0.295 e. The van der Waals surface area contributed by atoms with Gasteiger partial charge in [-0.3, -0.25) is 4.79 Å². The van der Waals surface area contributed by atoms with Crippen LogP contribution in [0.2, 0.25) is 0 Å². The summed E-state index contributed by atoms with van der Waals surface area (Å²) in [4.78, 5) is 11.2. The number of carbonyl (C=O) groups is 1. The van der Waals surface area contributed by atoms with Gasteiger partial charge >= 0.3 is 0 Å². The second-order valence-corrected chi connectivity index (χ2v) is 3.11. The molecule has 0 rings (SSSR count). The first-order chi connectivity index (χ1) is 5.07. The van der Waals surface area contributed by atoms with Crippen LogP contribution >= 0.6 is 0 Å². The number of Topliss-reactive ketones (excluding diaryl/α,β-unsaturated/α-hetero) is 1. The van der Waals surface area contributed by atoms with Gasteiger partial charge in [0.15, 0.2) is 5.78 Å². The van der Waals surface area contributed by atoms with E-state index in [0.29, 0.717) is 12.3 Å². The van der Waals surface area contributed by atoms with Crippen molar-refractivity contribution in [1.82, 2.24) is 0 Å². The zero-order valence-corrected chi connectivity index (χ0v) is 7.55. The van der Waals surface area contributed by atoms with Crippen LogP contribution in [0.4, 0.5) is 0 Å². The van der Waals surface area contributed by atoms with Crippen LogP contribution in [0.5, 0.6) is 0 Å². The molecule has 0 N–H and O–H groups in total. The van der Waals surface area contributed by atoms with Gasteiger partial charge in [-0.1, -0.05) is 32.6 Å². The summed E-state index contributed by atoms with van der Waals surface area (Å²) in [5, 5.41) is 0. The maximum absolute atomic E-state index is 11.2. The van der Waals surface area contributed by atoms with Crippen LogP contribution in [0.1, 0.15) is 27.2 Å². The van der Waals surface area contributed by atoms with Crippen LogP contribution in [0.3, 0.4) is 0 Å². The number of allylic oxidation sites excluding steroid dienone is 3. The molecule has 1 nitrogen and oxygen atoms in total. The lowest BCUT2D eigenvalue weighted by molar-refractivity contribution is -0.116. The predicted octanol–water partition coefficient (Wildman–Crippen LogP) is 2.73. The van der Waals surface area contributed by atoms with E-state index in [1.165, 1.54) is 0 Å². The van der Waals surface area contributed by atoms with Gasteiger partial charge in [0, 0.05) is 6.42 Å². The van der Waals surface area contributed by atoms with Crippen LogP contribution in [-0.4, -0.2) is 5.78 Å². The third-order valence-electron chi connectivity index (χ3n) is 1.40. The van der Waals surface area contributed by atoms with Crippen LogP contribution < -0.4 is 0 Å². The highest BCUT2D eigenvalue weighted by Gasteiger charge is 2.05. The van der Waals surface area contributed by atoms with Crippen LogP contribution in [0.25, 0.3) is 0 Å². The molecule has 0 amide bonds. The van der Waals surface area contributed by atoms with Gasteiger partial charge in [-0.2, -0.15) is 0 Å². The summed E-state index contributed by atoms with van der Waals surface area (Å²) >= 11 is 0. The molecule has 0 aliphatic rings. The quantitative estimate of drug-likeness (QED) is 0.447. The van der Waals surface area contributed by atoms with Gasteiger partial charge in [-0.15, -0.1) is 0 Å². The average molecular weight is 152 g/mol. The van der Waals surface area contributed by atoms with E-state index in [1.54, 1.807) is 12.2 Å². The summed E-state index contributed by atoms with van der Waals surface area (Å²) in [7, 11) is 0. The van der Waals surface area contributed by atoms with Crippen molar-refractivity contribution in [1.29, 1.82) is 0 Å². The Morgan fingerprint density at radius 1 is 1.55 bits per heavy atom. The number of hydrogen-bond acceptors (Lipinski definition) is 1. The molecular weight excluding hydrogens is 136 g/mol. The molecule has 0 saturated carbocycles. The molecule has 0 unspecified atom stereocenters. The second-order valence-electron chi connectivity index (χ2n) is 3.11. The summed E-state index contributed by atoms with van der Waals surface area (Å²) in [6.07, 6.45) is 4.04. The number of carbonyl (C=O) groups excluding carboxylic acids is 1. The summed E-state index contributed by atoms with van der Waals surface area (Å²) in [5.41, 5.74) is 0.800. The van der Waals surface area contributed by atoms with Crippen molar-refractivity contribution in [2.45, 2.75) is 27.2 Å². The lowest BCUT2D eigenvalue weighted by Crippen LogP contribution is -2.03. The van der Waals surface area contributed by atoms with Gasteiger partial charge in [0.05, 0.1) is 0 Å². The second kappa shape index (κ2) is 4.89. The minimum atomic E-state index is 0.222. The highest BCUT2D eigenvalue weighted by atomic mass is 16.1. The largest absolute Gasteiger partial charge is 0.295 e. The van der Waals surface area contributed by atoms with Crippen LogP contribution in [0, 0.1) is 5.92 Å². The summed E-state index contributed by atoms with van der Waals surface area (Å²) in [5.74, 6) is 0.663. The molecule has 0 aromatic rings. The Bertz CT molecular complexity index is 175. The normalized spacial score (nSPS) is 11.8. The fourth-order valence-electron chi connectivity index (χ4n) is 0.802. The summed E-state index contributed by atoms with van der Waals surface area (Å²) in [6.45, 7) is 9.44. The minimum absolute atomic E-state index is 0.222. The smallest absolute Gasteiger partial charge is 0.158 e. The molecule has 0 atom stereocenters. The molecule has 62 valence electrons. The lowest BCUT2D eigenvalue weighted by atomic mass is 10.0. The first kappa shape index (κ1) is 10.2. The Kier molecular flexibility index (Phi) is 4.51. The molecule has 0 fully saturated rings. The highest BCUT2D eigenvalue weighted by Crippen LogP contribution is 2.06. The maximum Gasteiger partial charge on any atom is 0.158 e. The van der Waals surface area contributed by atoms with E-state index in [-0.39, 0.29) is 5.78 Å². The predicted molar refractivity (Wildman–Crippen MR) is 48.4 cm³/mol. The van der Waals surface area contributed by atoms with Crippen molar-refractivity contribution in [3.8, 4) is 0 Å². The van der Waals surface area contributed by atoms with Gasteiger partial charge in [-0.25, -0.2) is 0 Å². The SMILES string of the molecule is C=CC=C(C)C(=O)CC(C)C. The molecule has 0 aliphatic carbocycles. The number of rotatable bonds is 4. The fourth-order valence-corrected chi connectivity index (χ4v) is 0.802. The van der Waals surface area contributed by atoms with Crippen LogP contribution in [-0.2, 0) is 4.79 Å². The molecule has 1 heteroatoms. The Morgan fingerprint density at radius 3 is 2.45 bits per heavy atom. The molecule has 0 spiro atoms. The summed E-state index contributed by atoms with van der Waals surface area (Å²) < 4.78 is 0. The number of hydrogen-bond donors (Lipinski definition) is 0. The van der Waals surface area contributed by atoms with Crippen molar-refractivity contribution in [3.63, 3.8) is 0 Å². The maximum atomic E-state index is 11.2. The first-order valence-electron chi connectivity index (χ1n) is 3.90. The van der Waals surface area contributed by atoms with Gasteiger partial charge in [0.2, 0.25) is 0 Å². The van der Waals surface area contributed by atoms with Crippen molar-refractivity contribution in [3.05, 3.63) is 24.3 Å². The van der Waals surface area contributed by atoms with Gasteiger partial charge < -0.3 is 0 Å². The third-order valence-corrected chi connectivity index (χ3v) is 1.40. The molecule has 0 aliphatic heterocycles. The van der Waals surface area contributed by atoms with Gasteiger partial charge in [-0.05, 0) is 18.4 Å². The molecule has 0 bridgehead atoms. The summed E-state index contributed by atoms with van der Waals surface area (Å²) in [6, 6.07) is 0. The molecule has 0 aromatic carbocycles. The molecule has 0 saturated heterocycles. The Balaban J connectivity index is 4.03. The van der Waals surface area contributed by atoms with E-state index >= 15 is 0 Å². The van der Waals surface area contributed by atoms with Crippen molar-refractivity contribution < 1.29 is 4.79 Å². The van der Waals surface area contributed by atoms with E-state index in [2.05, 4.69) is 6.58 Å². The fraction of sp³-hybridized carbons (Fsp3) is 0.500. The van der Waals surface area contributed by atoms with Gasteiger partial charge in [0.1, 0.15) is 0 Å². The molecular formula is C10H16O. The van der Waals surface area contributed by atoms with E-state index in [9.17, 15) is 4.79 Å². The standard InChI is InChI=1S/C10H16O/c1-5-6-9(4)10(11)7-8(2)3/h5-6,8H,1,7H2,2-4H3. The van der Waals surface area contributed by atoms with Crippen molar-refractivity contribution in [2.24, 2.45) is 5.92 Å². The van der Waals surface area contributed by atoms with Gasteiger partial charge in [0.25, 0.3) is 0 Å². The molecule has 0 radical (unpaired) electrons. The highest BCUT2D eigenvalue weighted by molar-refractivity contribution is 5.95.